The highest BCUT2D eigenvalue weighted by atomic mass is 16.5. The molecule has 2 aromatic carbocycles. The Kier molecular flexibility index (Phi) is 3.77. The van der Waals surface area contributed by atoms with Gasteiger partial charge in [0.2, 0.25) is 0 Å². The molecule has 2 unspecified atom stereocenters. The van der Waals surface area contributed by atoms with Crippen LogP contribution < -0.4 is 0 Å². The number of rotatable bonds is 4. The van der Waals surface area contributed by atoms with E-state index in [0.717, 1.165) is 22.8 Å². The summed E-state index contributed by atoms with van der Waals surface area (Å²) < 4.78 is 5.31. The van der Waals surface area contributed by atoms with E-state index in [-0.39, 0.29) is 6.10 Å². The lowest BCUT2D eigenvalue weighted by molar-refractivity contribution is -0.0141. The van der Waals surface area contributed by atoms with E-state index in [1.54, 1.807) is 7.11 Å². The molecule has 0 aliphatic rings. The molecular formula is C15H18O2. The third-order valence-corrected chi connectivity index (χ3v) is 3.20. The Morgan fingerprint density at radius 2 is 1.82 bits per heavy atom. The molecule has 0 radical (unpaired) electrons. The highest BCUT2D eigenvalue weighted by Crippen LogP contribution is 2.28. The van der Waals surface area contributed by atoms with E-state index >= 15 is 0 Å². The minimum atomic E-state index is -0.573. The minimum Gasteiger partial charge on any atom is -0.386 e. The maximum atomic E-state index is 10.4. The molecule has 0 spiro atoms. The van der Waals surface area contributed by atoms with Crippen LogP contribution in [0.5, 0.6) is 0 Å². The first kappa shape index (κ1) is 12.1. The molecule has 0 bridgehead atoms. The number of hydrogen-bond acceptors (Lipinski definition) is 2. The van der Waals surface area contributed by atoms with Crippen LogP contribution in [0, 0.1) is 0 Å². The third-order valence-electron chi connectivity index (χ3n) is 3.20. The minimum absolute atomic E-state index is 0.152. The van der Waals surface area contributed by atoms with Crippen molar-refractivity contribution in [1.82, 2.24) is 0 Å². The van der Waals surface area contributed by atoms with Crippen LogP contribution in [0.15, 0.2) is 42.5 Å². The zero-order chi connectivity index (χ0) is 12.3. The summed E-state index contributed by atoms with van der Waals surface area (Å²) in [5, 5.41) is 12.6. The molecule has 2 aromatic rings. The van der Waals surface area contributed by atoms with Gasteiger partial charge in [0.05, 0.1) is 6.10 Å². The highest BCUT2D eigenvalue weighted by molar-refractivity contribution is 5.86. The predicted molar refractivity (Wildman–Crippen MR) is 70.0 cm³/mol. The van der Waals surface area contributed by atoms with Crippen molar-refractivity contribution in [3.05, 3.63) is 48.0 Å². The average molecular weight is 230 g/mol. The number of aliphatic hydroxyl groups excluding tert-OH is 1. The van der Waals surface area contributed by atoms with Gasteiger partial charge in [-0.15, -0.1) is 0 Å². The van der Waals surface area contributed by atoms with Crippen molar-refractivity contribution in [3.63, 3.8) is 0 Å². The first-order valence-corrected chi connectivity index (χ1v) is 5.96. The molecule has 0 amide bonds. The molecule has 0 aromatic heterocycles. The van der Waals surface area contributed by atoms with E-state index in [0.29, 0.717) is 0 Å². The number of fused-ring (bicyclic) bond motifs is 1. The molecule has 0 saturated heterocycles. The number of benzene rings is 2. The summed E-state index contributed by atoms with van der Waals surface area (Å²) in [6.07, 6.45) is 0.0675. The normalized spacial score (nSPS) is 14.8. The Balaban J connectivity index is 2.47. The maximum Gasteiger partial charge on any atom is 0.106 e. The molecule has 2 nitrogen and oxygen atoms in total. The fraction of sp³-hybridized carbons (Fsp3) is 0.333. The smallest absolute Gasteiger partial charge is 0.106 e. The van der Waals surface area contributed by atoms with Gasteiger partial charge >= 0.3 is 0 Å². The molecule has 0 heterocycles. The van der Waals surface area contributed by atoms with Crippen LogP contribution in [-0.4, -0.2) is 18.3 Å². The van der Waals surface area contributed by atoms with E-state index in [4.69, 9.17) is 4.74 Å². The molecule has 2 atom stereocenters. The lowest BCUT2D eigenvalue weighted by Crippen LogP contribution is -2.20. The average Bonchev–Trinajstić information content (AvgIpc) is 2.39. The van der Waals surface area contributed by atoms with E-state index in [1.165, 1.54) is 0 Å². The van der Waals surface area contributed by atoms with Gasteiger partial charge in [-0.25, -0.2) is 0 Å². The monoisotopic (exact) mass is 230 g/mol. The van der Waals surface area contributed by atoms with Gasteiger partial charge in [0, 0.05) is 7.11 Å². The number of ether oxygens (including phenoxy) is 1. The standard InChI is InChI=1S/C15H18O2/c1-3-14(17-2)15(16)13-10-6-8-11-7-4-5-9-12(11)13/h4-10,14-16H,3H2,1-2H3. The van der Waals surface area contributed by atoms with Gasteiger partial charge in [0.25, 0.3) is 0 Å². The Morgan fingerprint density at radius 1 is 1.12 bits per heavy atom. The second kappa shape index (κ2) is 5.30. The number of methoxy groups -OCH3 is 1. The Labute approximate surface area is 102 Å². The van der Waals surface area contributed by atoms with Crippen LogP contribution >= 0.6 is 0 Å². The largest absolute Gasteiger partial charge is 0.386 e. The Hall–Kier alpha value is -1.38. The summed E-state index contributed by atoms with van der Waals surface area (Å²) in [6.45, 7) is 2.02. The molecule has 0 aliphatic carbocycles. The van der Waals surface area contributed by atoms with Crippen LogP contribution in [0.4, 0.5) is 0 Å². The molecule has 0 fully saturated rings. The van der Waals surface area contributed by atoms with Crippen molar-refractivity contribution in [1.29, 1.82) is 0 Å². The fourth-order valence-corrected chi connectivity index (χ4v) is 2.23. The first-order valence-electron chi connectivity index (χ1n) is 5.96. The van der Waals surface area contributed by atoms with Crippen molar-refractivity contribution < 1.29 is 9.84 Å². The lowest BCUT2D eigenvalue weighted by atomic mass is 9.96. The Morgan fingerprint density at radius 3 is 2.53 bits per heavy atom. The summed E-state index contributed by atoms with van der Waals surface area (Å²) in [6, 6.07) is 14.1. The number of aliphatic hydroxyl groups is 1. The number of hydrogen-bond donors (Lipinski definition) is 1. The topological polar surface area (TPSA) is 29.5 Å². The summed E-state index contributed by atoms with van der Waals surface area (Å²) >= 11 is 0. The molecule has 0 aliphatic heterocycles. The van der Waals surface area contributed by atoms with Crippen molar-refractivity contribution in [2.45, 2.75) is 25.6 Å². The van der Waals surface area contributed by atoms with E-state index in [1.807, 2.05) is 37.3 Å². The van der Waals surface area contributed by atoms with Crippen molar-refractivity contribution in [2.75, 3.05) is 7.11 Å². The van der Waals surface area contributed by atoms with Crippen LogP contribution in [-0.2, 0) is 4.74 Å². The highest BCUT2D eigenvalue weighted by Gasteiger charge is 2.20. The van der Waals surface area contributed by atoms with Crippen molar-refractivity contribution in [2.24, 2.45) is 0 Å². The lowest BCUT2D eigenvalue weighted by Gasteiger charge is -2.21. The van der Waals surface area contributed by atoms with Gasteiger partial charge in [-0.3, -0.25) is 0 Å². The van der Waals surface area contributed by atoms with Crippen LogP contribution in [0.25, 0.3) is 10.8 Å². The van der Waals surface area contributed by atoms with E-state index in [2.05, 4.69) is 12.1 Å². The summed E-state index contributed by atoms with van der Waals surface area (Å²) in [7, 11) is 1.64. The van der Waals surface area contributed by atoms with Crippen molar-refractivity contribution in [3.8, 4) is 0 Å². The van der Waals surface area contributed by atoms with E-state index in [9.17, 15) is 5.11 Å². The zero-order valence-corrected chi connectivity index (χ0v) is 10.3. The van der Waals surface area contributed by atoms with Gasteiger partial charge in [-0.05, 0) is 22.8 Å². The van der Waals surface area contributed by atoms with Crippen LogP contribution in [0.2, 0.25) is 0 Å². The third kappa shape index (κ3) is 2.33. The molecule has 90 valence electrons. The summed E-state index contributed by atoms with van der Waals surface area (Å²) in [4.78, 5) is 0. The van der Waals surface area contributed by atoms with Crippen molar-refractivity contribution >= 4 is 10.8 Å². The molecule has 0 saturated carbocycles. The predicted octanol–water partition coefficient (Wildman–Crippen LogP) is 3.30. The molecule has 1 N–H and O–H groups in total. The molecule has 2 rings (SSSR count). The summed E-state index contributed by atoms with van der Waals surface area (Å²) in [5.74, 6) is 0. The van der Waals surface area contributed by atoms with Gasteiger partial charge in [-0.1, -0.05) is 49.4 Å². The summed E-state index contributed by atoms with van der Waals surface area (Å²) in [5.41, 5.74) is 0.941. The molecular weight excluding hydrogens is 212 g/mol. The molecule has 2 heteroatoms. The fourth-order valence-electron chi connectivity index (χ4n) is 2.23. The van der Waals surface area contributed by atoms with Gasteiger partial charge in [0.1, 0.15) is 6.10 Å². The van der Waals surface area contributed by atoms with Crippen LogP contribution in [0.1, 0.15) is 25.0 Å². The quantitative estimate of drug-likeness (QED) is 0.873. The SMILES string of the molecule is CCC(OC)C(O)c1cccc2ccccc12. The maximum absolute atomic E-state index is 10.4. The molecule has 17 heavy (non-hydrogen) atoms. The second-order valence-electron chi connectivity index (χ2n) is 4.20. The zero-order valence-electron chi connectivity index (χ0n) is 10.3. The first-order chi connectivity index (χ1) is 8.27. The van der Waals surface area contributed by atoms with Gasteiger partial charge in [-0.2, -0.15) is 0 Å². The van der Waals surface area contributed by atoms with Gasteiger partial charge < -0.3 is 9.84 Å². The van der Waals surface area contributed by atoms with E-state index < -0.39 is 6.10 Å². The van der Waals surface area contributed by atoms with Gasteiger partial charge in [0.15, 0.2) is 0 Å². The second-order valence-corrected chi connectivity index (χ2v) is 4.20. The van der Waals surface area contributed by atoms with Crippen LogP contribution in [0.3, 0.4) is 0 Å². The Bertz CT molecular complexity index is 484.